The molecule has 1 aromatic heterocycles. The van der Waals surface area contributed by atoms with Gasteiger partial charge < -0.3 is 10.4 Å². The van der Waals surface area contributed by atoms with Gasteiger partial charge in [0.2, 0.25) is 5.13 Å². The van der Waals surface area contributed by atoms with E-state index in [0.717, 1.165) is 23.1 Å². The standard InChI is InChI=1S/C8H15N3OS/c1-6(2)7-10-11-8(13-7)9-4-3-5-12/h6,12H,3-5H2,1-2H3,(H,9,11). The van der Waals surface area contributed by atoms with Crippen LogP contribution in [0.15, 0.2) is 0 Å². The molecule has 13 heavy (non-hydrogen) atoms. The molecule has 1 rings (SSSR count). The molecule has 74 valence electrons. The van der Waals surface area contributed by atoms with Crippen molar-refractivity contribution in [3.05, 3.63) is 5.01 Å². The first kappa shape index (κ1) is 10.4. The summed E-state index contributed by atoms with van der Waals surface area (Å²) >= 11 is 1.58. The van der Waals surface area contributed by atoms with Gasteiger partial charge in [0.25, 0.3) is 0 Å². The van der Waals surface area contributed by atoms with Crippen LogP contribution in [0.4, 0.5) is 5.13 Å². The minimum absolute atomic E-state index is 0.211. The fourth-order valence-corrected chi connectivity index (χ4v) is 1.59. The van der Waals surface area contributed by atoms with Gasteiger partial charge in [0.1, 0.15) is 5.01 Å². The Hall–Kier alpha value is -0.680. The number of nitrogens with one attached hydrogen (secondary N) is 1. The summed E-state index contributed by atoms with van der Waals surface area (Å²) in [6, 6.07) is 0. The maximum absolute atomic E-state index is 8.57. The van der Waals surface area contributed by atoms with E-state index in [-0.39, 0.29) is 6.61 Å². The third-order valence-electron chi connectivity index (χ3n) is 1.55. The molecule has 0 saturated carbocycles. The van der Waals surface area contributed by atoms with Crippen LogP contribution < -0.4 is 5.32 Å². The second-order valence-electron chi connectivity index (χ2n) is 3.10. The monoisotopic (exact) mass is 201 g/mol. The van der Waals surface area contributed by atoms with Gasteiger partial charge in [0.05, 0.1) is 0 Å². The van der Waals surface area contributed by atoms with Gasteiger partial charge in [-0.2, -0.15) is 0 Å². The molecule has 1 heterocycles. The smallest absolute Gasteiger partial charge is 0.205 e. The molecule has 0 aliphatic heterocycles. The Bertz CT molecular complexity index is 249. The van der Waals surface area contributed by atoms with Crippen molar-refractivity contribution in [3.63, 3.8) is 0 Å². The molecular formula is C8H15N3OS. The summed E-state index contributed by atoms with van der Waals surface area (Å²) in [5.74, 6) is 0.436. The molecule has 0 radical (unpaired) electrons. The van der Waals surface area contributed by atoms with Crippen LogP contribution in [-0.2, 0) is 0 Å². The molecule has 0 bridgehead atoms. The maximum atomic E-state index is 8.57. The van der Waals surface area contributed by atoms with Crippen LogP contribution in [0, 0.1) is 0 Å². The van der Waals surface area contributed by atoms with Crippen LogP contribution in [0.5, 0.6) is 0 Å². The first-order valence-electron chi connectivity index (χ1n) is 4.42. The van der Waals surface area contributed by atoms with E-state index in [1.54, 1.807) is 11.3 Å². The van der Waals surface area contributed by atoms with Crippen molar-refractivity contribution < 1.29 is 5.11 Å². The molecule has 0 unspecified atom stereocenters. The van der Waals surface area contributed by atoms with E-state index in [9.17, 15) is 0 Å². The number of rotatable bonds is 5. The van der Waals surface area contributed by atoms with E-state index in [0.29, 0.717) is 5.92 Å². The lowest BCUT2D eigenvalue weighted by molar-refractivity contribution is 0.292. The lowest BCUT2D eigenvalue weighted by Gasteiger charge is -1.98. The molecule has 4 nitrogen and oxygen atoms in total. The quantitative estimate of drug-likeness (QED) is 0.708. The second kappa shape index (κ2) is 5.14. The van der Waals surface area contributed by atoms with Gasteiger partial charge in [-0.3, -0.25) is 0 Å². The number of anilines is 1. The van der Waals surface area contributed by atoms with Gasteiger partial charge in [0, 0.05) is 19.1 Å². The third kappa shape index (κ3) is 3.28. The third-order valence-corrected chi connectivity index (χ3v) is 2.73. The van der Waals surface area contributed by atoms with Crippen LogP contribution in [0.25, 0.3) is 0 Å². The van der Waals surface area contributed by atoms with Gasteiger partial charge in [-0.15, -0.1) is 10.2 Å². The average Bonchev–Trinajstić information content (AvgIpc) is 2.53. The summed E-state index contributed by atoms with van der Waals surface area (Å²) in [6.07, 6.45) is 0.747. The molecule has 0 aliphatic rings. The zero-order valence-corrected chi connectivity index (χ0v) is 8.77. The molecule has 5 heteroatoms. The van der Waals surface area contributed by atoms with E-state index in [4.69, 9.17) is 5.11 Å². The first-order valence-corrected chi connectivity index (χ1v) is 5.24. The molecule has 0 fully saturated rings. The number of hydrogen-bond donors (Lipinski definition) is 2. The van der Waals surface area contributed by atoms with Crippen molar-refractivity contribution in [1.82, 2.24) is 10.2 Å². The van der Waals surface area contributed by atoms with Crippen LogP contribution in [-0.4, -0.2) is 28.5 Å². The SMILES string of the molecule is CC(C)c1nnc(NCCCO)s1. The maximum Gasteiger partial charge on any atom is 0.205 e. The van der Waals surface area contributed by atoms with Crippen molar-refractivity contribution in [2.75, 3.05) is 18.5 Å². The highest BCUT2D eigenvalue weighted by Crippen LogP contribution is 2.21. The normalized spacial score (nSPS) is 10.8. The molecule has 0 spiro atoms. The van der Waals surface area contributed by atoms with Crippen molar-refractivity contribution in [2.24, 2.45) is 0 Å². The Kier molecular flexibility index (Phi) is 4.11. The van der Waals surface area contributed by atoms with E-state index >= 15 is 0 Å². The number of aliphatic hydroxyl groups excluding tert-OH is 1. The van der Waals surface area contributed by atoms with E-state index in [1.165, 1.54) is 0 Å². The highest BCUT2D eigenvalue weighted by Gasteiger charge is 2.06. The van der Waals surface area contributed by atoms with Gasteiger partial charge in [0.15, 0.2) is 0 Å². The summed E-state index contributed by atoms with van der Waals surface area (Å²) < 4.78 is 0. The minimum atomic E-state index is 0.211. The Balaban J connectivity index is 2.40. The lowest BCUT2D eigenvalue weighted by Crippen LogP contribution is -2.02. The topological polar surface area (TPSA) is 58.0 Å². The van der Waals surface area contributed by atoms with Crippen LogP contribution in [0.1, 0.15) is 31.2 Å². The molecule has 2 N–H and O–H groups in total. The summed E-state index contributed by atoms with van der Waals surface area (Å²) in [7, 11) is 0. The molecule has 0 saturated heterocycles. The lowest BCUT2D eigenvalue weighted by atomic mass is 10.2. The van der Waals surface area contributed by atoms with Crippen LogP contribution in [0.2, 0.25) is 0 Å². The highest BCUT2D eigenvalue weighted by atomic mass is 32.1. The number of nitrogens with zero attached hydrogens (tertiary/aromatic N) is 2. The fraction of sp³-hybridized carbons (Fsp3) is 0.750. The molecular weight excluding hydrogens is 186 g/mol. The van der Waals surface area contributed by atoms with E-state index < -0.39 is 0 Å². The van der Waals surface area contributed by atoms with Crippen molar-refractivity contribution in [1.29, 1.82) is 0 Å². The highest BCUT2D eigenvalue weighted by molar-refractivity contribution is 7.15. The van der Waals surface area contributed by atoms with Gasteiger partial charge in [-0.1, -0.05) is 25.2 Å². The van der Waals surface area contributed by atoms with Gasteiger partial charge in [-0.25, -0.2) is 0 Å². The van der Waals surface area contributed by atoms with Crippen molar-refractivity contribution in [3.8, 4) is 0 Å². The van der Waals surface area contributed by atoms with Gasteiger partial charge >= 0.3 is 0 Å². The molecule has 0 atom stereocenters. The largest absolute Gasteiger partial charge is 0.396 e. The van der Waals surface area contributed by atoms with Crippen LogP contribution >= 0.6 is 11.3 Å². The number of aliphatic hydroxyl groups is 1. The molecule has 0 aromatic carbocycles. The number of hydrogen-bond acceptors (Lipinski definition) is 5. The summed E-state index contributed by atoms with van der Waals surface area (Å²) in [5, 5.41) is 21.6. The molecule has 1 aromatic rings. The Morgan fingerprint density at radius 2 is 2.23 bits per heavy atom. The Morgan fingerprint density at radius 3 is 2.77 bits per heavy atom. The summed E-state index contributed by atoms with van der Waals surface area (Å²) in [5.41, 5.74) is 0. The Labute approximate surface area is 82.0 Å². The average molecular weight is 201 g/mol. The molecule has 0 aliphatic carbocycles. The zero-order valence-electron chi connectivity index (χ0n) is 7.95. The van der Waals surface area contributed by atoms with Crippen molar-refractivity contribution >= 4 is 16.5 Å². The zero-order chi connectivity index (χ0) is 9.68. The predicted octanol–water partition coefficient (Wildman–Crippen LogP) is 1.46. The summed E-state index contributed by atoms with van der Waals surface area (Å²) in [4.78, 5) is 0. The number of aromatic nitrogens is 2. The molecule has 0 amide bonds. The summed E-state index contributed by atoms with van der Waals surface area (Å²) in [6.45, 7) is 5.15. The van der Waals surface area contributed by atoms with Crippen molar-refractivity contribution in [2.45, 2.75) is 26.2 Å². The first-order chi connectivity index (χ1) is 6.24. The van der Waals surface area contributed by atoms with Crippen LogP contribution in [0.3, 0.4) is 0 Å². The predicted molar refractivity (Wildman–Crippen MR) is 54.2 cm³/mol. The van der Waals surface area contributed by atoms with E-state index in [2.05, 4.69) is 29.4 Å². The van der Waals surface area contributed by atoms with Gasteiger partial charge in [-0.05, 0) is 6.42 Å². The van der Waals surface area contributed by atoms with E-state index in [1.807, 2.05) is 0 Å². The Morgan fingerprint density at radius 1 is 1.46 bits per heavy atom. The fourth-order valence-electron chi connectivity index (χ4n) is 0.814. The minimum Gasteiger partial charge on any atom is -0.396 e. The second-order valence-corrected chi connectivity index (χ2v) is 4.11.